The van der Waals surface area contributed by atoms with Crippen LogP contribution in [0.25, 0.3) is 0 Å². The molecule has 0 bridgehead atoms. The number of hydrogen-bond acceptors (Lipinski definition) is 2. The van der Waals surface area contributed by atoms with Crippen LogP contribution in [0.4, 0.5) is 0 Å². The largest absolute Gasteiger partial charge is 0.371 e. The molecule has 0 amide bonds. The summed E-state index contributed by atoms with van der Waals surface area (Å²) >= 11 is 0. The third kappa shape index (κ3) is 6.35. The fraction of sp³-hybridized carbons (Fsp3) is 1.00. The van der Waals surface area contributed by atoms with Crippen molar-refractivity contribution in [2.45, 2.75) is 26.0 Å². The average Bonchev–Trinajstić information content (AvgIpc) is 1.96. The van der Waals surface area contributed by atoms with Crippen LogP contribution < -0.4 is 0 Å². The molecule has 0 aromatic carbocycles. The molecule has 0 spiro atoms. The molecule has 2 unspecified atom stereocenters. The smallest absolute Gasteiger partial charge is 0.109 e. The number of ether oxygens (including phenoxy) is 1. The molecule has 3 heteroatoms. The van der Waals surface area contributed by atoms with Crippen molar-refractivity contribution in [2.24, 2.45) is 0 Å². The van der Waals surface area contributed by atoms with Crippen molar-refractivity contribution in [1.82, 2.24) is 4.90 Å². The van der Waals surface area contributed by atoms with Crippen LogP contribution in [-0.4, -0.2) is 69.9 Å². The summed E-state index contributed by atoms with van der Waals surface area (Å²) in [7, 11) is 10.7. The summed E-state index contributed by atoms with van der Waals surface area (Å²) in [6.45, 7) is 6.17. The lowest BCUT2D eigenvalue weighted by Crippen LogP contribution is -2.46. The zero-order chi connectivity index (χ0) is 11.4. The highest BCUT2D eigenvalue weighted by Crippen LogP contribution is 2.04. The van der Waals surface area contributed by atoms with Crippen molar-refractivity contribution < 1.29 is 9.22 Å². The highest BCUT2D eigenvalue weighted by Gasteiger charge is 2.19. The molecule has 86 valence electrons. The van der Waals surface area contributed by atoms with Gasteiger partial charge in [0.2, 0.25) is 0 Å². The second-order valence-corrected chi connectivity index (χ2v) is 5.37. The molecule has 0 aromatic heterocycles. The maximum absolute atomic E-state index is 5.78. The minimum absolute atomic E-state index is 0.319. The van der Waals surface area contributed by atoms with Gasteiger partial charge in [0, 0.05) is 6.54 Å². The Balaban J connectivity index is 3.72. The van der Waals surface area contributed by atoms with Gasteiger partial charge in [0.25, 0.3) is 0 Å². The Morgan fingerprint density at radius 1 is 1.14 bits per heavy atom. The van der Waals surface area contributed by atoms with E-state index in [0.717, 1.165) is 17.6 Å². The standard InChI is InChI=1S/C11H27N2O/c1-10(13(5,6)7)9-14-11(2)8-12(3)4/h10-11H,8-9H2,1-7H3/q+1. The van der Waals surface area contributed by atoms with Crippen molar-refractivity contribution in [3.63, 3.8) is 0 Å². The molecular formula is C11H27N2O+. The lowest BCUT2D eigenvalue weighted by Gasteiger charge is -2.32. The summed E-state index contributed by atoms with van der Waals surface area (Å²) in [6, 6.07) is 0.541. The van der Waals surface area contributed by atoms with Gasteiger partial charge >= 0.3 is 0 Å². The molecule has 3 nitrogen and oxygen atoms in total. The molecule has 0 heterocycles. The zero-order valence-corrected chi connectivity index (χ0v) is 10.9. The highest BCUT2D eigenvalue weighted by atomic mass is 16.5. The normalized spacial score (nSPS) is 17.1. The lowest BCUT2D eigenvalue weighted by atomic mass is 10.3. The van der Waals surface area contributed by atoms with Gasteiger partial charge in [0.05, 0.1) is 33.9 Å². The maximum Gasteiger partial charge on any atom is 0.109 e. The van der Waals surface area contributed by atoms with Crippen molar-refractivity contribution in [3.8, 4) is 0 Å². The molecular weight excluding hydrogens is 176 g/mol. The first kappa shape index (κ1) is 13.9. The molecule has 0 aliphatic heterocycles. The lowest BCUT2D eigenvalue weighted by molar-refractivity contribution is -0.894. The van der Waals surface area contributed by atoms with E-state index >= 15 is 0 Å². The molecule has 0 rings (SSSR count). The predicted molar refractivity (Wildman–Crippen MR) is 61.5 cm³/mol. The van der Waals surface area contributed by atoms with Crippen LogP contribution in [0.1, 0.15) is 13.8 Å². The Bertz CT molecular complexity index is 152. The van der Waals surface area contributed by atoms with Gasteiger partial charge in [0.1, 0.15) is 6.04 Å². The summed E-state index contributed by atoms with van der Waals surface area (Å²) < 4.78 is 6.74. The molecule has 0 aliphatic carbocycles. The first-order valence-corrected chi connectivity index (χ1v) is 5.31. The average molecular weight is 203 g/mol. The van der Waals surface area contributed by atoms with Gasteiger partial charge < -0.3 is 14.1 Å². The van der Waals surface area contributed by atoms with Crippen molar-refractivity contribution >= 4 is 0 Å². The van der Waals surface area contributed by atoms with Crippen molar-refractivity contribution in [2.75, 3.05) is 48.4 Å². The maximum atomic E-state index is 5.78. The van der Waals surface area contributed by atoms with Crippen molar-refractivity contribution in [1.29, 1.82) is 0 Å². The third-order valence-electron chi connectivity index (χ3n) is 2.57. The number of quaternary nitrogens is 1. The van der Waals surface area contributed by atoms with Crippen LogP contribution in [0.2, 0.25) is 0 Å². The number of hydrogen-bond donors (Lipinski definition) is 0. The second-order valence-electron chi connectivity index (χ2n) is 5.37. The van der Waals surface area contributed by atoms with Gasteiger partial charge in [-0.3, -0.25) is 0 Å². The van der Waals surface area contributed by atoms with Gasteiger partial charge in [0.15, 0.2) is 0 Å². The van der Waals surface area contributed by atoms with E-state index in [4.69, 9.17) is 4.74 Å². The van der Waals surface area contributed by atoms with E-state index in [9.17, 15) is 0 Å². The van der Waals surface area contributed by atoms with Crippen LogP contribution in [0.3, 0.4) is 0 Å². The molecule has 0 radical (unpaired) electrons. The zero-order valence-electron chi connectivity index (χ0n) is 10.9. The predicted octanol–water partition coefficient (Wildman–Crippen LogP) is 1.05. The molecule has 0 fully saturated rings. The van der Waals surface area contributed by atoms with Gasteiger partial charge in [-0.2, -0.15) is 0 Å². The van der Waals surface area contributed by atoms with Gasteiger partial charge in [-0.25, -0.2) is 0 Å². The Hall–Kier alpha value is -0.120. The van der Waals surface area contributed by atoms with Gasteiger partial charge in [-0.05, 0) is 27.9 Å². The molecule has 0 saturated carbocycles. The van der Waals surface area contributed by atoms with E-state index in [1.54, 1.807) is 0 Å². The fourth-order valence-electron chi connectivity index (χ4n) is 1.09. The van der Waals surface area contributed by atoms with Crippen LogP contribution in [-0.2, 0) is 4.74 Å². The molecule has 0 saturated heterocycles. The molecule has 2 atom stereocenters. The second kappa shape index (κ2) is 5.69. The molecule has 0 N–H and O–H groups in total. The highest BCUT2D eigenvalue weighted by molar-refractivity contribution is 4.56. The van der Waals surface area contributed by atoms with Crippen LogP contribution in [0.15, 0.2) is 0 Å². The third-order valence-corrected chi connectivity index (χ3v) is 2.57. The van der Waals surface area contributed by atoms with Crippen molar-refractivity contribution in [3.05, 3.63) is 0 Å². The minimum Gasteiger partial charge on any atom is -0.371 e. The number of rotatable bonds is 6. The van der Waals surface area contributed by atoms with E-state index < -0.39 is 0 Å². The number of likely N-dealkylation sites (N-methyl/N-ethyl adjacent to an activating group) is 2. The van der Waals surface area contributed by atoms with E-state index in [1.165, 1.54) is 0 Å². The summed E-state index contributed by atoms with van der Waals surface area (Å²) in [6.07, 6.45) is 0.319. The number of nitrogens with zero attached hydrogens (tertiary/aromatic N) is 2. The van der Waals surface area contributed by atoms with Gasteiger partial charge in [-0.1, -0.05) is 0 Å². The minimum atomic E-state index is 0.319. The first-order valence-electron chi connectivity index (χ1n) is 5.31. The van der Waals surface area contributed by atoms with Gasteiger partial charge in [-0.15, -0.1) is 0 Å². The van der Waals surface area contributed by atoms with E-state index in [2.05, 4.69) is 54.0 Å². The van der Waals surface area contributed by atoms with E-state index in [0.29, 0.717) is 12.1 Å². The fourth-order valence-corrected chi connectivity index (χ4v) is 1.09. The van der Waals surface area contributed by atoms with E-state index in [-0.39, 0.29) is 0 Å². The monoisotopic (exact) mass is 203 g/mol. The topological polar surface area (TPSA) is 12.5 Å². The van der Waals surface area contributed by atoms with Crippen LogP contribution in [0, 0.1) is 0 Å². The molecule has 0 aliphatic rings. The summed E-state index contributed by atoms with van der Waals surface area (Å²) in [5.41, 5.74) is 0. The Morgan fingerprint density at radius 3 is 2.00 bits per heavy atom. The quantitative estimate of drug-likeness (QED) is 0.598. The molecule has 14 heavy (non-hydrogen) atoms. The van der Waals surface area contributed by atoms with Crippen LogP contribution >= 0.6 is 0 Å². The SMILES string of the molecule is CC(CN(C)C)OCC(C)[N+](C)(C)C. The Labute approximate surface area is 89.2 Å². The summed E-state index contributed by atoms with van der Waals surface area (Å²) in [5, 5.41) is 0. The first-order chi connectivity index (χ1) is 6.23. The van der Waals surface area contributed by atoms with Crippen LogP contribution in [0.5, 0.6) is 0 Å². The Morgan fingerprint density at radius 2 is 1.64 bits per heavy atom. The van der Waals surface area contributed by atoms with E-state index in [1.807, 2.05) is 0 Å². The molecule has 0 aromatic rings. The Kier molecular flexibility index (Phi) is 5.64. The summed E-state index contributed by atoms with van der Waals surface area (Å²) in [4.78, 5) is 2.15. The summed E-state index contributed by atoms with van der Waals surface area (Å²) in [5.74, 6) is 0.